The molecular formula is C14H15NO2. The summed E-state index contributed by atoms with van der Waals surface area (Å²) in [6.45, 7) is 5.88. The fourth-order valence-electron chi connectivity index (χ4n) is 1.69. The molecule has 0 N–H and O–H groups in total. The molecule has 2 amide bonds. The summed E-state index contributed by atoms with van der Waals surface area (Å²) in [6, 6.07) is 8.82. The van der Waals surface area contributed by atoms with E-state index in [0.29, 0.717) is 11.1 Å². The van der Waals surface area contributed by atoms with E-state index in [4.69, 9.17) is 0 Å². The van der Waals surface area contributed by atoms with Gasteiger partial charge in [0.2, 0.25) is 0 Å². The summed E-state index contributed by atoms with van der Waals surface area (Å²) in [5.41, 5.74) is 1.02. The number of hydrogen-bond acceptors (Lipinski definition) is 2. The van der Waals surface area contributed by atoms with Crippen molar-refractivity contribution in [3.63, 3.8) is 0 Å². The molecule has 3 heteroatoms. The third-order valence-electron chi connectivity index (χ3n) is 2.75. The molecule has 1 aromatic carbocycles. The van der Waals surface area contributed by atoms with E-state index in [1.54, 1.807) is 30.5 Å². The molecule has 0 aromatic heterocycles. The average molecular weight is 229 g/mol. The molecule has 0 atom stereocenters. The average Bonchev–Trinajstić information content (AvgIpc) is 2.26. The van der Waals surface area contributed by atoms with Crippen LogP contribution in [0.5, 0.6) is 0 Å². The summed E-state index contributed by atoms with van der Waals surface area (Å²) < 4.78 is 0. The maximum atomic E-state index is 12.0. The fraction of sp³-hybridized carbons (Fsp3) is 0.286. The smallest absolute Gasteiger partial charge is 0.264 e. The summed E-state index contributed by atoms with van der Waals surface area (Å²) in [6.07, 6.45) is 1.64. The minimum absolute atomic E-state index is 0.189. The first-order chi connectivity index (χ1) is 7.91. The van der Waals surface area contributed by atoms with Crippen molar-refractivity contribution in [1.82, 2.24) is 4.90 Å². The molecule has 17 heavy (non-hydrogen) atoms. The van der Waals surface area contributed by atoms with Crippen LogP contribution in [0.15, 0.2) is 42.1 Å². The molecule has 0 saturated heterocycles. The summed E-state index contributed by atoms with van der Waals surface area (Å²) in [5.74, 6) is -0.449. The van der Waals surface area contributed by atoms with Crippen molar-refractivity contribution in [2.75, 3.05) is 0 Å². The Hall–Kier alpha value is -1.90. The minimum atomic E-state index is -0.261. The quantitative estimate of drug-likeness (QED) is 0.694. The summed E-state index contributed by atoms with van der Waals surface area (Å²) in [7, 11) is 0. The molecule has 1 aromatic rings. The number of carbonyl (C=O) groups is 2. The van der Waals surface area contributed by atoms with Crippen LogP contribution in [0.4, 0.5) is 0 Å². The normalized spacial score (nSPS) is 15.4. The van der Waals surface area contributed by atoms with Crippen molar-refractivity contribution < 1.29 is 9.59 Å². The van der Waals surface area contributed by atoms with Gasteiger partial charge in [-0.25, -0.2) is 4.90 Å². The molecule has 0 aliphatic carbocycles. The highest BCUT2D eigenvalue weighted by atomic mass is 16.2. The molecule has 0 saturated carbocycles. The molecule has 0 bridgehead atoms. The number of carbonyl (C=O) groups excluding carboxylic acids is 2. The highest BCUT2D eigenvalue weighted by Crippen LogP contribution is 2.33. The van der Waals surface area contributed by atoms with Crippen molar-refractivity contribution in [3.05, 3.63) is 47.7 Å². The van der Waals surface area contributed by atoms with Crippen LogP contribution >= 0.6 is 0 Å². The number of rotatable bonds is 1. The van der Waals surface area contributed by atoms with Crippen LogP contribution in [0, 0.1) is 5.41 Å². The summed E-state index contributed by atoms with van der Waals surface area (Å²) >= 11 is 0. The van der Waals surface area contributed by atoms with Gasteiger partial charge in [-0.05, 0) is 17.5 Å². The Kier molecular flexibility index (Phi) is 2.62. The maximum absolute atomic E-state index is 12.0. The first-order valence-corrected chi connectivity index (χ1v) is 5.56. The second-order valence-electron chi connectivity index (χ2n) is 5.14. The van der Waals surface area contributed by atoms with Crippen LogP contribution in [0.2, 0.25) is 0 Å². The third-order valence-corrected chi connectivity index (χ3v) is 2.75. The molecule has 1 heterocycles. The zero-order valence-corrected chi connectivity index (χ0v) is 10.2. The Morgan fingerprint density at radius 1 is 1.12 bits per heavy atom. The van der Waals surface area contributed by atoms with Crippen molar-refractivity contribution in [1.29, 1.82) is 0 Å². The number of benzene rings is 1. The lowest BCUT2D eigenvalue weighted by atomic mass is 9.83. The molecule has 1 aliphatic rings. The lowest BCUT2D eigenvalue weighted by Gasteiger charge is -2.34. The number of amides is 2. The van der Waals surface area contributed by atoms with Crippen molar-refractivity contribution in [3.8, 4) is 0 Å². The molecule has 0 unspecified atom stereocenters. The number of hydrogen-bond donors (Lipinski definition) is 0. The van der Waals surface area contributed by atoms with Gasteiger partial charge in [0.25, 0.3) is 11.8 Å². The van der Waals surface area contributed by atoms with Crippen LogP contribution in [0.25, 0.3) is 0 Å². The van der Waals surface area contributed by atoms with E-state index < -0.39 is 0 Å². The number of imide groups is 1. The van der Waals surface area contributed by atoms with E-state index in [9.17, 15) is 9.59 Å². The van der Waals surface area contributed by atoms with Crippen LogP contribution in [0.1, 0.15) is 31.1 Å². The standard InChI is InChI=1S/C14H15NO2/c1-14(2,3)11-9-15(13(11)17)12(16)10-7-5-4-6-8-10/h4-9H,1-3H3. The molecule has 0 spiro atoms. The van der Waals surface area contributed by atoms with Gasteiger partial charge >= 0.3 is 0 Å². The SMILES string of the molecule is CC(C)(C)C1=CN(C(=O)c2ccccc2)C1=O. The van der Waals surface area contributed by atoms with Gasteiger partial charge in [-0.1, -0.05) is 39.0 Å². The Morgan fingerprint density at radius 3 is 2.18 bits per heavy atom. The first kappa shape index (κ1) is 11.6. The highest BCUT2D eigenvalue weighted by Gasteiger charge is 2.38. The third kappa shape index (κ3) is 2.00. The van der Waals surface area contributed by atoms with Crippen LogP contribution in [0.3, 0.4) is 0 Å². The predicted molar refractivity (Wildman–Crippen MR) is 65.2 cm³/mol. The van der Waals surface area contributed by atoms with E-state index in [1.165, 1.54) is 4.90 Å². The molecule has 1 aliphatic heterocycles. The molecule has 88 valence electrons. The van der Waals surface area contributed by atoms with Gasteiger partial charge < -0.3 is 0 Å². The second-order valence-corrected chi connectivity index (χ2v) is 5.14. The summed E-state index contributed by atoms with van der Waals surface area (Å²) in [5, 5.41) is 0. The predicted octanol–water partition coefficient (Wildman–Crippen LogP) is 2.60. The van der Waals surface area contributed by atoms with Crippen LogP contribution in [-0.4, -0.2) is 16.7 Å². The molecular weight excluding hydrogens is 214 g/mol. The molecule has 0 fully saturated rings. The Balaban J connectivity index is 2.22. The lowest BCUT2D eigenvalue weighted by molar-refractivity contribution is -0.126. The van der Waals surface area contributed by atoms with E-state index in [0.717, 1.165) is 0 Å². The second kappa shape index (κ2) is 3.84. The van der Waals surface area contributed by atoms with Gasteiger partial charge in [-0.15, -0.1) is 0 Å². The van der Waals surface area contributed by atoms with Gasteiger partial charge in [0.1, 0.15) is 0 Å². The molecule has 3 nitrogen and oxygen atoms in total. The topological polar surface area (TPSA) is 37.4 Å². The van der Waals surface area contributed by atoms with Gasteiger partial charge in [-0.2, -0.15) is 0 Å². The summed E-state index contributed by atoms with van der Waals surface area (Å²) in [4.78, 5) is 25.0. The van der Waals surface area contributed by atoms with Crippen LogP contribution < -0.4 is 0 Å². The lowest BCUT2D eigenvalue weighted by Crippen LogP contribution is -2.44. The number of nitrogens with zero attached hydrogens (tertiary/aromatic N) is 1. The van der Waals surface area contributed by atoms with Crippen molar-refractivity contribution in [2.24, 2.45) is 5.41 Å². The zero-order valence-electron chi connectivity index (χ0n) is 10.2. The largest absolute Gasteiger partial charge is 0.269 e. The van der Waals surface area contributed by atoms with Crippen LogP contribution in [-0.2, 0) is 4.79 Å². The first-order valence-electron chi connectivity index (χ1n) is 5.56. The van der Waals surface area contributed by atoms with E-state index >= 15 is 0 Å². The molecule has 2 rings (SSSR count). The Bertz CT molecular complexity index is 495. The van der Waals surface area contributed by atoms with Gasteiger partial charge in [0.15, 0.2) is 0 Å². The van der Waals surface area contributed by atoms with Crippen molar-refractivity contribution in [2.45, 2.75) is 20.8 Å². The Labute approximate surface area is 101 Å². The van der Waals surface area contributed by atoms with E-state index in [-0.39, 0.29) is 17.2 Å². The van der Waals surface area contributed by atoms with Gasteiger partial charge in [0, 0.05) is 17.3 Å². The van der Waals surface area contributed by atoms with E-state index in [2.05, 4.69) is 0 Å². The van der Waals surface area contributed by atoms with Gasteiger partial charge in [-0.3, -0.25) is 9.59 Å². The maximum Gasteiger partial charge on any atom is 0.264 e. The fourth-order valence-corrected chi connectivity index (χ4v) is 1.69. The Morgan fingerprint density at radius 2 is 1.71 bits per heavy atom. The van der Waals surface area contributed by atoms with E-state index in [1.807, 2.05) is 26.8 Å². The molecule has 0 radical (unpaired) electrons. The minimum Gasteiger partial charge on any atom is -0.269 e. The highest BCUT2D eigenvalue weighted by molar-refractivity contribution is 6.15. The van der Waals surface area contributed by atoms with Gasteiger partial charge in [0.05, 0.1) is 0 Å². The monoisotopic (exact) mass is 229 g/mol. The zero-order chi connectivity index (χ0) is 12.6. The van der Waals surface area contributed by atoms with Crippen molar-refractivity contribution >= 4 is 11.8 Å².